The van der Waals surface area contributed by atoms with Gasteiger partial charge in [0.25, 0.3) is 0 Å². The molecule has 1 atom stereocenters. The molecule has 19 heavy (non-hydrogen) atoms. The van der Waals surface area contributed by atoms with E-state index in [1.165, 1.54) is 11.6 Å². The lowest BCUT2D eigenvalue weighted by atomic mass is 9.90. The first kappa shape index (κ1) is 14.2. The molecule has 0 aliphatic rings. The minimum Gasteiger partial charge on any atom is -0.330 e. The summed E-state index contributed by atoms with van der Waals surface area (Å²) in [6.07, 6.45) is 0.760. The van der Waals surface area contributed by atoms with Gasteiger partial charge >= 0.3 is 0 Å². The molecule has 0 bridgehead atoms. The molecule has 100 valence electrons. The van der Waals surface area contributed by atoms with Crippen molar-refractivity contribution >= 4 is 15.9 Å². The topological polar surface area (TPSA) is 26.0 Å². The molecule has 3 heteroatoms. The van der Waals surface area contributed by atoms with Gasteiger partial charge in [0.15, 0.2) is 0 Å². The molecule has 0 fully saturated rings. The highest BCUT2D eigenvalue weighted by Crippen LogP contribution is 2.24. The molecule has 2 rings (SSSR count). The number of aryl methyl sites for hydroxylation is 1. The standard InChI is InChI=1S/C16H17BrFN/c1-11-5-6-16(18)9-13(11)7-14(10-19)12-3-2-4-15(17)8-12/h2-6,8-9,14H,7,10,19H2,1H3. The minimum absolute atomic E-state index is 0.189. The molecule has 1 nitrogen and oxygen atoms in total. The molecule has 0 saturated carbocycles. The highest BCUT2D eigenvalue weighted by Gasteiger charge is 2.13. The van der Waals surface area contributed by atoms with Crippen molar-refractivity contribution in [3.63, 3.8) is 0 Å². The first-order valence-corrected chi connectivity index (χ1v) is 7.10. The molecule has 0 aliphatic heterocycles. The predicted molar refractivity (Wildman–Crippen MR) is 80.8 cm³/mol. The summed E-state index contributed by atoms with van der Waals surface area (Å²) in [6.45, 7) is 2.55. The van der Waals surface area contributed by atoms with E-state index >= 15 is 0 Å². The van der Waals surface area contributed by atoms with E-state index in [0.29, 0.717) is 6.54 Å². The van der Waals surface area contributed by atoms with E-state index in [0.717, 1.165) is 22.0 Å². The Bertz CT molecular complexity index is 568. The molecule has 1 unspecified atom stereocenters. The van der Waals surface area contributed by atoms with Crippen LogP contribution >= 0.6 is 15.9 Å². The zero-order chi connectivity index (χ0) is 13.8. The maximum absolute atomic E-state index is 13.3. The third kappa shape index (κ3) is 3.64. The lowest BCUT2D eigenvalue weighted by Crippen LogP contribution is -2.15. The van der Waals surface area contributed by atoms with Crippen LogP contribution in [-0.2, 0) is 6.42 Å². The lowest BCUT2D eigenvalue weighted by molar-refractivity contribution is 0.619. The third-order valence-electron chi connectivity index (χ3n) is 3.38. The van der Waals surface area contributed by atoms with Crippen molar-refractivity contribution < 1.29 is 4.39 Å². The first-order chi connectivity index (χ1) is 9.10. The van der Waals surface area contributed by atoms with E-state index in [-0.39, 0.29) is 11.7 Å². The van der Waals surface area contributed by atoms with Crippen LogP contribution in [-0.4, -0.2) is 6.54 Å². The van der Waals surface area contributed by atoms with E-state index in [4.69, 9.17) is 5.73 Å². The maximum atomic E-state index is 13.3. The Morgan fingerprint density at radius 1 is 1.21 bits per heavy atom. The molecule has 2 aromatic rings. The maximum Gasteiger partial charge on any atom is 0.123 e. The Hall–Kier alpha value is -1.19. The summed E-state index contributed by atoms with van der Waals surface area (Å²) in [5, 5.41) is 0. The zero-order valence-electron chi connectivity index (χ0n) is 10.9. The monoisotopic (exact) mass is 321 g/mol. The van der Waals surface area contributed by atoms with Crippen molar-refractivity contribution in [1.82, 2.24) is 0 Å². The smallest absolute Gasteiger partial charge is 0.123 e. The molecule has 0 spiro atoms. The predicted octanol–water partition coefficient (Wildman–Crippen LogP) is 4.18. The summed E-state index contributed by atoms with van der Waals surface area (Å²) in [7, 11) is 0. The van der Waals surface area contributed by atoms with Crippen LogP contribution in [0.25, 0.3) is 0 Å². The molecule has 2 aromatic carbocycles. The Morgan fingerprint density at radius 2 is 2.00 bits per heavy atom. The Balaban J connectivity index is 2.26. The SMILES string of the molecule is Cc1ccc(F)cc1CC(CN)c1cccc(Br)c1. The van der Waals surface area contributed by atoms with Crippen LogP contribution in [0.5, 0.6) is 0 Å². The lowest BCUT2D eigenvalue weighted by Gasteiger charge is -2.17. The van der Waals surface area contributed by atoms with Gasteiger partial charge in [0.05, 0.1) is 0 Å². The van der Waals surface area contributed by atoms with Crippen molar-refractivity contribution in [2.45, 2.75) is 19.3 Å². The molecule has 0 heterocycles. The van der Waals surface area contributed by atoms with Gasteiger partial charge in [0, 0.05) is 10.4 Å². The Labute approximate surface area is 121 Å². The fourth-order valence-corrected chi connectivity index (χ4v) is 2.64. The van der Waals surface area contributed by atoms with Gasteiger partial charge in [0.2, 0.25) is 0 Å². The van der Waals surface area contributed by atoms with Crippen LogP contribution in [0.3, 0.4) is 0 Å². The van der Waals surface area contributed by atoms with Crippen LogP contribution in [0.1, 0.15) is 22.6 Å². The largest absolute Gasteiger partial charge is 0.330 e. The van der Waals surface area contributed by atoms with E-state index in [1.54, 1.807) is 6.07 Å². The van der Waals surface area contributed by atoms with Crippen molar-refractivity contribution in [3.8, 4) is 0 Å². The fraction of sp³-hybridized carbons (Fsp3) is 0.250. The molecule has 0 aromatic heterocycles. The average molecular weight is 322 g/mol. The molecule has 0 radical (unpaired) electrons. The average Bonchev–Trinajstić information content (AvgIpc) is 2.39. The zero-order valence-corrected chi connectivity index (χ0v) is 12.5. The fourth-order valence-electron chi connectivity index (χ4n) is 2.22. The van der Waals surface area contributed by atoms with Crippen LogP contribution in [0, 0.1) is 12.7 Å². The number of hydrogen-bond donors (Lipinski definition) is 1. The minimum atomic E-state index is -0.189. The number of halogens is 2. The van der Waals surface area contributed by atoms with Gasteiger partial charge in [-0.05, 0) is 60.8 Å². The molecule has 2 N–H and O–H groups in total. The summed E-state index contributed by atoms with van der Waals surface area (Å²) >= 11 is 3.47. The molecule has 0 aliphatic carbocycles. The first-order valence-electron chi connectivity index (χ1n) is 6.30. The second-order valence-corrected chi connectivity index (χ2v) is 5.68. The van der Waals surface area contributed by atoms with Crippen molar-refractivity contribution in [2.24, 2.45) is 5.73 Å². The second kappa shape index (κ2) is 6.31. The normalized spacial score (nSPS) is 12.4. The van der Waals surface area contributed by atoms with E-state index in [9.17, 15) is 4.39 Å². The van der Waals surface area contributed by atoms with Crippen LogP contribution in [0.4, 0.5) is 4.39 Å². The van der Waals surface area contributed by atoms with Crippen molar-refractivity contribution in [2.75, 3.05) is 6.54 Å². The van der Waals surface area contributed by atoms with Crippen LogP contribution in [0.2, 0.25) is 0 Å². The van der Waals surface area contributed by atoms with Gasteiger partial charge in [-0.3, -0.25) is 0 Å². The van der Waals surface area contributed by atoms with E-state index in [1.807, 2.05) is 25.1 Å². The molecular weight excluding hydrogens is 305 g/mol. The third-order valence-corrected chi connectivity index (χ3v) is 3.88. The van der Waals surface area contributed by atoms with Gasteiger partial charge < -0.3 is 5.73 Å². The van der Waals surface area contributed by atoms with Gasteiger partial charge in [0.1, 0.15) is 5.82 Å². The second-order valence-electron chi connectivity index (χ2n) is 4.76. The molecule has 0 amide bonds. The molecular formula is C16H17BrFN. The van der Waals surface area contributed by atoms with Gasteiger partial charge in [-0.15, -0.1) is 0 Å². The number of rotatable bonds is 4. The summed E-state index contributed by atoms with van der Waals surface area (Å²) < 4.78 is 14.4. The summed E-state index contributed by atoms with van der Waals surface area (Å²) in [4.78, 5) is 0. The van der Waals surface area contributed by atoms with Gasteiger partial charge in [-0.2, -0.15) is 0 Å². The quantitative estimate of drug-likeness (QED) is 0.898. The van der Waals surface area contributed by atoms with Crippen LogP contribution < -0.4 is 5.73 Å². The molecule has 0 saturated heterocycles. The van der Waals surface area contributed by atoms with Crippen molar-refractivity contribution in [1.29, 1.82) is 0 Å². The van der Waals surface area contributed by atoms with Gasteiger partial charge in [-0.25, -0.2) is 4.39 Å². The number of hydrogen-bond acceptors (Lipinski definition) is 1. The van der Waals surface area contributed by atoms with Crippen LogP contribution in [0.15, 0.2) is 46.9 Å². The highest BCUT2D eigenvalue weighted by molar-refractivity contribution is 9.10. The van der Waals surface area contributed by atoms with E-state index < -0.39 is 0 Å². The summed E-state index contributed by atoms with van der Waals surface area (Å²) in [5.41, 5.74) is 9.19. The Morgan fingerprint density at radius 3 is 2.68 bits per heavy atom. The van der Waals surface area contributed by atoms with Crippen molar-refractivity contribution in [3.05, 3.63) is 69.4 Å². The van der Waals surface area contributed by atoms with Gasteiger partial charge in [-0.1, -0.05) is 34.1 Å². The summed E-state index contributed by atoms with van der Waals surface area (Å²) in [5.74, 6) is 0.0172. The highest BCUT2D eigenvalue weighted by atomic mass is 79.9. The van der Waals surface area contributed by atoms with E-state index in [2.05, 4.69) is 28.1 Å². The number of benzene rings is 2. The Kier molecular flexibility index (Phi) is 4.72. The number of nitrogens with two attached hydrogens (primary N) is 1. The summed E-state index contributed by atoms with van der Waals surface area (Å²) in [6, 6.07) is 13.1.